The number of anilines is 1. The molecule has 9 heteroatoms. The molecule has 4 rings (SSSR count). The van der Waals surface area contributed by atoms with E-state index in [1.807, 2.05) is 75.4 Å². The first kappa shape index (κ1) is 33.3. The van der Waals surface area contributed by atoms with Crippen molar-refractivity contribution in [2.75, 3.05) is 18.0 Å². The highest BCUT2D eigenvalue weighted by Gasteiger charge is 2.35. The average molecular weight is 628 g/mol. The Hall–Kier alpha value is -4.63. The molecule has 2 atom stereocenters. The second-order valence-electron chi connectivity index (χ2n) is 11.1. The second kappa shape index (κ2) is 15.4. The van der Waals surface area contributed by atoms with Crippen LogP contribution in [-0.4, -0.2) is 50.9 Å². The van der Waals surface area contributed by atoms with Gasteiger partial charge in [0.25, 0.3) is 10.0 Å². The van der Waals surface area contributed by atoms with Crippen LogP contribution in [0.2, 0.25) is 0 Å². The Bertz CT molecular complexity index is 1680. The van der Waals surface area contributed by atoms with Gasteiger partial charge in [0.15, 0.2) is 0 Å². The predicted octanol–water partition coefficient (Wildman–Crippen LogP) is 5.75. The molecule has 4 aromatic rings. The lowest BCUT2D eigenvalue weighted by molar-refractivity contribution is -0.140. The number of hydrogen-bond donors (Lipinski definition) is 1. The van der Waals surface area contributed by atoms with E-state index in [4.69, 9.17) is 4.74 Å². The molecule has 8 nitrogen and oxygen atoms in total. The summed E-state index contributed by atoms with van der Waals surface area (Å²) in [5, 5.41) is 3.06. The third-order valence-corrected chi connectivity index (χ3v) is 9.45. The number of sulfonamides is 1. The zero-order valence-electron chi connectivity index (χ0n) is 26.2. The third-order valence-electron chi connectivity index (χ3n) is 7.66. The number of ether oxygens (including phenoxy) is 1. The molecule has 0 aliphatic carbocycles. The monoisotopic (exact) mass is 627 g/mol. The van der Waals surface area contributed by atoms with Crippen molar-refractivity contribution in [3.05, 3.63) is 126 Å². The molecule has 0 spiro atoms. The Morgan fingerprint density at radius 3 is 2.13 bits per heavy atom. The van der Waals surface area contributed by atoms with Crippen molar-refractivity contribution >= 4 is 27.5 Å². The van der Waals surface area contributed by atoms with Gasteiger partial charge in [0.1, 0.15) is 18.3 Å². The smallest absolute Gasteiger partial charge is 0.264 e. The molecule has 0 radical (unpaired) electrons. The van der Waals surface area contributed by atoms with Gasteiger partial charge >= 0.3 is 0 Å². The summed E-state index contributed by atoms with van der Waals surface area (Å²) in [4.78, 5) is 30.0. The van der Waals surface area contributed by atoms with Gasteiger partial charge in [-0.1, -0.05) is 91.3 Å². The lowest BCUT2D eigenvalue weighted by Gasteiger charge is -2.34. The first-order valence-corrected chi connectivity index (χ1v) is 16.5. The molecule has 0 aliphatic heterocycles. The van der Waals surface area contributed by atoms with Crippen LogP contribution in [0.25, 0.3) is 0 Å². The van der Waals surface area contributed by atoms with Gasteiger partial charge in [0.05, 0.1) is 17.7 Å². The highest BCUT2D eigenvalue weighted by Crippen LogP contribution is 2.28. The zero-order valence-corrected chi connectivity index (χ0v) is 27.0. The first-order valence-electron chi connectivity index (χ1n) is 15.0. The lowest BCUT2D eigenvalue weighted by atomic mass is 10.0. The Kier molecular flexibility index (Phi) is 11.4. The summed E-state index contributed by atoms with van der Waals surface area (Å²) in [6.07, 6.45) is 0.972. The Balaban J connectivity index is 1.81. The van der Waals surface area contributed by atoms with E-state index in [9.17, 15) is 18.0 Å². The van der Waals surface area contributed by atoms with Gasteiger partial charge < -0.3 is 15.0 Å². The minimum Gasteiger partial charge on any atom is -0.497 e. The molecule has 0 fully saturated rings. The van der Waals surface area contributed by atoms with Crippen molar-refractivity contribution in [2.24, 2.45) is 0 Å². The van der Waals surface area contributed by atoms with Gasteiger partial charge in [-0.25, -0.2) is 8.42 Å². The maximum atomic E-state index is 14.5. The van der Waals surface area contributed by atoms with Crippen molar-refractivity contribution in [1.82, 2.24) is 10.2 Å². The number of benzene rings is 4. The van der Waals surface area contributed by atoms with E-state index in [0.717, 1.165) is 21.0 Å². The van der Waals surface area contributed by atoms with Crippen LogP contribution in [0.1, 0.15) is 37.0 Å². The molecule has 4 aromatic carbocycles. The molecule has 0 aromatic heterocycles. The van der Waals surface area contributed by atoms with E-state index >= 15 is 0 Å². The topological polar surface area (TPSA) is 96.0 Å². The van der Waals surface area contributed by atoms with Crippen LogP contribution in [0.3, 0.4) is 0 Å². The van der Waals surface area contributed by atoms with Gasteiger partial charge in [-0.2, -0.15) is 0 Å². The Morgan fingerprint density at radius 2 is 1.49 bits per heavy atom. The summed E-state index contributed by atoms with van der Waals surface area (Å²) in [6.45, 7) is 5.44. The number of methoxy groups -OCH3 is 1. The third kappa shape index (κ3) is 8.73. The van der Waals surface area contributed by atoms with Gasteiger partial charge in [0, 0.05) is 25.1 Å². The number of rotatable bonds is 14. The molecular weight excluding hydrogens is 586 g/mol. The SMILES string of the molecule is CC[C@H](C)NC(=O)[C@@H](Cc1ccccc1)N(Cc1cccc(C)c1)C(=O)CN(c1cccc(OC)c1)S(=O)(=O)c1ccccc1. The van der Waals surface area contributed by atoms with E-state index in [0.29, 0.717) is 12.2 Å². The van der Waals surface area contributed by atoms with E-state index in [2.05, 4.69) is 5.32 Å². The summed E-state index contributed by atoms with van der Waals surface area (Å²) < 4.78 is 34.7. The number of nitrogens with one attached hydrogen (secondary N) is 1. The van der Waals surface area contributed by atoms with Crippen LogP contribution in [0.5, 0.6) is 5.75 Å². The summed E-state index contributed by atoms with van der Waals surface area (Å²) in [6, 6.07) is 30.8. The predicted molar refractivity (Wildman–Crippen MR) is 178 cm³/mol. The average Bonchev–Trinajstić information content (AvgIpc) is 3.05. The van der Waals surface area contributed by atoms with Gasteiger partial charge in [-0.3, -0.25) is 13.9 Å². The molecule has 0 saturated carbocycles. The van der Waals surface area contributed by atoms with Crippen LogP contribution in [-0.2, 0) is 32.6 Å². The normalized spacial score (nSPS) is 12.5. The zero-order chi connectivity index (χ0) is 32.4. The van der Waals surface area contributed by atoms with Crippen molar-refractivity contribution in [2.45, 2.75) is 57.1 Å². The molecule has 1 N–H and O–H groups in total. The molecule has 45 heavy (non-hydrogen) atoms. The fraction of sp³-hybridized carbons (Fsp3) is 0.278. The van der Waals surface area contributed by atoms with Crippen LogP contribution in [0.4, 0.5) is 5.69 Å². The van der Waals surface area contributed by atoms with Crippen LogP contribution in [0.15, 0.2) is 114 Å². The number of hydrogen-bond acceptors (Lipinski definition) is 5. The quantitative estimate of drug-likeness (QED) is 0.192. The summed E-state index contributed by atoms with van der Waals surface area (Å²) in [5.41, 5.74) is 2.99. The van der Waals surface area contributed by atoms with E-state index in [-0.39, 0.29) is 35.5 Å². The number of nitrogens with zero attached hydrogens (tertiary/aromatic N) is 2. The van der Waals surface area contributed by atoms with Crippen LogP contribution < -0.4 is 14.4 Å². The molecular formula is C36H41N3O5S. The fourth-order valence-corrected chi connectivity index (χ4v) is 6.44. The largest absolute Gasteiger partial charge is 0.497 e. The minimum absolute atomic E-state index is 0.0428. The molecule has 2 amide bonds. The maximum absolute atomic E-state index is 14.5. The van der Waals surface area contributed by atoms with E-state index in [1.165, 1.54) is 24.1 Å². The first-order chi connectivity index (χ1) is 21.6. The molecule has 0 unspecified atom stereocenters. The maximum Gasteiger partial charge on any atom is 0.264 e. The molecule has 0 bridgehead atoms. The lowest BCUT2D eigenvalue weighted by Crippen LogP contribution is -2.54. The summed E-state index contributed by atoms with van der Waals surface area (Å²) in [5.74, 6) is -0.369. The highest BCUT2D eigenvalue weighted by molar-refractivity contribution is 7.92. The Labute approximate surface area is 266 Å². The highest BCUT2D eigenvalue weighted by atomic mass is 32.2. The number of carbonyl (C=O) groups is 2. The molecule has 0 heterocycles. The van der Waals surface area contributed by atoms with Crippen LogP contribution >= 0.6 is 0 Å². The number of carbonyl (C=O) groups excluding carboxylic acids is 2. The van der Waals surface area contributed by atoms with Gasteiger partial charge in [0.2, 0.25) is 11.8 Å². The minimum atomic E-state index is -4.19. The summed E-state index contributed by atoms with van der Waals surface area (Å²) >= 11 is 0. The number of aryl methyl sites for hydroxylation is 1. The van der Waals surface area contributed by atoms with Crippen molar-refractivity contribution < 1.29 is 22.7 Å². The molecule has 236 valence electrons. The van der Waals surface area contributed by atoms with Crippen LogP contribution in [0, 0.1) is 6.92 Å². The Morgan fingerprint density at radius 1 is 0.844 bits per heavy atom. The molecule has 0 aliphatic rings. The van der Waals surface area contributed by atoms with Crippen molar-refractivity contribution in [3.8, 4) is 5.75 Å². The van der Waals surface area contributed by atoms with E-state index < -0.39 is 28.5 Å². The van der Waals surface area contributed by atoms with Crippen molar-refractivity contribution in [1.29, 1.82) is 0 Å². The van der Waals surface area contributed by atoms with Crippen molar-refractivity contribution in [3.63, 3.8) is 0 Å². The summed E-state index contributed by atoms with van der Waals surface area (Å²) in [7, 11) is -2.69. The van der Waals surface area contributed by atoms with Gasteiger partial charge in [-0.15, -0.1) is 0 Å². The number of amides is 2. The van der Waals surface area contributed by atoms with E-state index in [1.54, 1.807) is 42.5 Å². The second-order valence-corrected chi connectivity index (χ2v) is 12.9. The standard InChI is InChI=1S/C36H41N3O5S/c1-5-28(3)37-36(41)34(23-29-15-8-6-9-16-29)38(25-30-17-12-14-27(2)22-30)35(40)26-39(31-18-13-19-32(24-31)44-4)45(42,43)33-20-10-7-11-21-33/h6-22,24,28,34H,5,23,25-26H2,1-4H3,(H,37,41)/t28-,34+/m0/s1. The molecule has 0 saturated heterocycles. The van der Waals surface area contributed by atoms with Gasteiger partial charge in [-0.05, 0) is 55.7 Å². The fourth-order valence-electron chi connectivity index (χ4n) is 5.02.